The molecule has 2 aromatic rings. The quantitative estimate of drug-likeness (QED) is 0.605. The van der Waals surface area contributed by atoms with E-state index in [1.807, 2.05) is 0 Å². The minimum atomic E-state index is -0.621. The summed E-state index contributed by atoms with van der Waals surface area (Å²) in [6.45, 7) is 2.09. The molecule has 0 saturated carbocycles. The molecule has 1 N–H and O–H groups in total. The number of anilines is 1. The Hall–Kier alpha value is -3.36. The number of pyridine rings is 1. The molecule has 25 heavy (non-hydrogen) atoms. The lowest BCUT2D eigenvalue weighted by atomic mass is 10.2. The zero-order valence-electron chi connectivity index (χ0n) is 13.9. The Balaban J connectivity index is 2.42. The van der Waals surface area contributed by atoms with Crippen molar-refractivity contribution in [3.05, 3.63) is 46.1 Å². The monoisotopic (exact) mass is 347 g/mol. The lowest BCUT2D eigenvalue weighted by Gasteiger charge is -2.12. The Morgan fingerprint density at radius 1 is 1.28 bits per heavy atom. The smallest absolute Gasteiger partial charge is 0.296 e. The van der Waals surface area contributed by atoms with E-state index in [9.17, 15) is 14.9 Å². The van der Waals surface area contributed by atoms with Gasteiger partial charge in [0.1, 0.15) is 11.3 Å². The number of nitrogens with one attached hydrogen (secondary N) is 1. The first-order valence-electron chi connectivity index (χ1n) is 7.31. The van der Waals surface area contributed by atoms with Gasteiger partial charge in [-0.15, -0.1) is 0 Å². The van der Waals surface area contributed by atoms with Crippen molar-refractivity contribution in [3.63, 3.8) is 0 Å². The molecule has 0 unspecified atom stereocenters. The molecule has 9 heteroatoms. The number of hydrogen-bond donors (Lipinski definition) is 1. The predicted octanol–water partition coefficient (Wildman–Crippen LogP) is 2.66. The van der Waals surface area contributed by atoms with Gasteiger partial charge < -0.3 is 19.5 Å². The average molecular weight is 347 g/mol. The molecular weight excluding hydrogens is 330 g/mol. The molecule has 0 bridgehead atoms. The summed E-state index contributed by atoms with van der Waals surface area (Å²) in [5.41, 5.74) is -0.194. The van der Waals surface area contributed by atoms with E-state index in [4.69, 9.17) is 14.2 Å². The minimum absolute atomic E-state index is 0.0287. The van der Waals surface area contributed by atoms with E-state index < -0.39 is 10.8 Å². The van der Waals surface area contributed by atoms with Crippen LogP contribution in [0.2, 0.25) is 0 Å². The van der Waals surface area contributed by atoms with Crippen LogP contribution in [0.1, 0.15) is 17.3 Å². The number of ether oxygens (including phenoxy) is 3. The van der Waals surface area contributed by atoms with E-state index in [1.54, 1.807) is 13.0 Å². The van der Waals surface area contributed by atoms with Crippen molar-refractivity contribution in [2.24, 2.45) is 0 Å². The second kappa shape index (κ2) is 7.95. The molecule has 1 heterocycles. The van der Waals surface area contributed by atoms with Crippen LogP contribution in [0.15, 0.2) is 30.5 Å². The summed E-state index contributed by atoms with van der Waals surface area (Å²) in [5, 5.41) is 13.8. The summed E-state index contributed by atoms with van der Waals surface area (Å²) < 4.78 is 15.5. The standard InChI is InChI=1S/C16H17N3O6/c1-4-25-16-10(6-5-7-17-16)15(20)18-11-8-13(23-2)14(24-3)9-12(11)19(21)22/h5-9H,4H2,1-3H3,(H,18,20). The van der Waals surface area contributed by atoms with Gasteiger partial charge in [0, 0.05) is 12.3 Å². The maximum Gasteiger partial charge on any atom is 0.296 e. The van der Waals surface area contributed by atoms with Gasteiger partial charge in [0.2, 0.25) is 5.88 Å². The zero-order chi connectivity index (χ0) is 18.4. The molecule has 0 radical (unpaired) electrons. The number of aromatic nitrogens is 1. The first-order valence-corrected chi connectivity index (χ1v) is 7.31. The summed E-state index contributed by atoms with van der Waals surface area (Å²) in [4.78, 5) is 27.2. The van der Waals surface area contributed by atoms with E-state index in [-0.39, 0.29) is 34.3 Å². The van der Waals surface area contributed by atoms with Crippen molar-refractivity contribution in [1.29, 1.82) is 0 Å². The van der Waals surface area contributed by atoms with Crippen LogP contribution in [-0.2, 0) is 0 Å². The van der Waals surface area contributed by atoms with Crippen LogP contribution in [-0.4, -0.2) is 36.6 Å². The Kier molecular flexibility index (Phi) is 5.72. The van der Waals surface area contributed by atoms with E-state index in [2.05, 4.69) is 10.3 Å². The lowest BCUT2D eigenvalue weighted by Crippen LogP contribution is -2.15. The second-order valence-electron chi connectivity index (χ2n) is 4.72. The number of nitrogens with zero attached hydrogens (tertiary/aromatic N) is 2. The van der Waals surface area contributed by atoms with E-state index in [0.717, 1.165) is 0 Å². The molecule has 0 aliphatic carbocycles. The summed E-state index contributed by atoms with van der Waals surface area (Å²) >= 11 is 0. The van der Waals surface area contributed by atoms with Crippen LogP contribution < -0.4 is 19.5 Å². The van der Waals surface area contributed by atoms with Gasteiger partial charge in [0.05, 0.1) is 31.8 Å². The largest absolute Gasteiger partial charge is 0.493 e. The number of carbonyl (C=O) groups excluding carboxylic acids is 1. The summed E-state index contributed by atoms with van der Waals surface area (Å²) in [6, 6.07) is 5.59. The van der Waals surface area contributed by atoms with Crippen LogP contribution in [0.4, 0.5) is 11.4 Å². The highest BCUT2D eigenvalue weighted by molar-refractivity contribution is 6.07. The van der Waals surface area contributed by atoms with Crippen molar-refractivity contribution in [2.45, 2.75) is 6.92 Å². The molecule has 0 aliphatic heterocycles. The number of benzene rings is 1. The minimum Gasteiger partial charge on any atom is -0.493 e. The average Bonchev–Trinajstić information content (AvgIpc) is 2.61. The maximum atomic E-state index is 12.5. The Bertz CT molecular complexity index is 793. The fraction of sp³-hybridized carbons (Fsp3) is 0.250. The van der Waals surface area contributed by atoms with Gasteiger partial charge in [-0.05, 0) is 19.1 Å². The SMILES string of the molecule is CCOc1ncccc1C(=O)Nc1cc(OC)c(OC)cc1[N+](=O)[O-]. The van der Waals surface area contributed by atoms with Gasteiger partial charge in [-0.2, -0.15) is 0 Å². The summed E-state index contributed by atoms with van der Waals surface area (Å²) in [5.74, 6) is -0.0132. The highest BCUT2D eigenvalue weighted by Crippen LogP contribution is 2.37. The van der Waals surface area contributed by atoms with Crippen LogP contribution in [0.5, 0.6) is 17.4 Å². The number of nitro groups is 1. The normalized spacial score (nSPS) is 10.0. The summed E-state index contributed by atoms with van der Waals surface area (Å²) in [7, 11) is 2.76. The van der Waals surface area contributed by atoms with Crippen molar-refractivity contribution in [3.8, 4) is 17.4 Å². The lowest BCUT2D eigenvalue weighted by molar-refractivity contribution is -0.384. The number of amides is 1. The van der Waals surface area contributed by atoms with Gasteiger partial charge in [-0.1, -0.05) is 0 Å². The topological polar surface area (TPSA) is 113 Å². The van der Waals surface area contributed by atoms with Gasteiger partial charge in [-0.25, -0.2) is 4.98 Å². The van der Waals surface area contributed by atoms with Crippen molar-refractivity contribution >= 4 is 17.3 Å². The third kappa shape index (κ3) is 3.94. The second-order valence-corrected chi connectivity index (χ2v) is 4.72. The molecular formula is C16H17N3O6. The van der Waals surface area contributed by atoms with Crippen LogP contribution in [0.3, 0.4) is 0 Å². The molecule has 0 atom stereocenters. The number of hydrogen-bond acceptors (Lipinski definition) is 7. The van der Waals surface area contributed by atoms with Crippen molar-refractivity contribution in [1.82, 2.24) is 4.98 Å². The first kappa shape index (κ1) is 18.0. The fourth-order valence-corrected chi connectivity index (χ4v) is 2.12. The van der Waals surface area contributed by atoms with E-state index in [0.29, 0.717) is 6.61 Å². The highest BCUT2D eigenvalue weighted by Gasteiger charge is 2.23. The van der Waals surface area contributed by atoms with E-state index in [1.165, 1.54) is 38.6 Å². The molecule has 0 spiro atoms. The molecule has 2 rings (SSSR count). The zero-order valence-corrected chi connectivity index (χ0v) is 13.9. The molecule has 0 fully saturated rings. The third-order valence-electron chi connectivity index (χ3n) is 3.24. The molecule has 0 aliphatic rings. The van der Waals surface area contributed by atoms with Crippen LogP contribution >= 0.6 is 0 Å². The highest BCUT2D eigenvalue weighted by atomic mass is 16.6. The van der Waals surface area contributed by atoms with Gasteiger partial charge in [-0.3, -0.25) is 14.9 Å². The number of methoxy groups -OCH3 is 2. The first-order chi connectivity index (χ1) is 12.0. The molecule has 1 aromatic carbocycles. The number of rotatable bonds is 7. The predicted molar refractivity (Wildman–Crippen MR) is 89.6 cm³/mol. The summed E-state index contributed by atoms with van der Waals surface area (Å²) in [6.07, 6.45) is 1.49. The van der Waals surface area contributed by atoms with E-state index >= 15 is 0 Å². The maximum absolute atomic E-state index is 12.5. The third-order valence-corrected chi connectivity index (χ3v) is 3.24. The van der Waals surface area contributed by atoms with Gasteiger partial charge in [0.15, 0.2) is 11.5 Å². The Labute approximate surface area is 143 Å². The number of nitro benzene ring substituents is 1. The molecule has 1 aromatic heterocycles. The van der Waals surface area contributed by atoms with Gasteiger partial charge >= 0.3 is 0 Å². The fourth-order valence-electron chi connectivity index (χ4n) is 2.12. The molecule has 9 nitrogen and oxygen atoms in total. The Morgan fingerprint density at radius 3 is 2.56 bits per heavy atom. The number of carbonyl (C=O) groups is 1. The van der Waals surface area contributed by atoms with Crippen molar-refractivity contribution < 1.29 is 23.9 Å². The van der Waals surface area contributed by atoms with Crippen molar-refractivity contribution in [2.75, 3.05) is 26.1 Å². The molecule has 0 saturated heterocycles. The van der Waals surface area contributed by atoms with Crippen LogP contribution in [0.25, 0.3) is 0 Å². The van der Waals surface area contributed by atoms with Gasteiger partial charge in [0.25, 0.3) is 11.6 Å². The molecule has 1 amide bonds. The Morgan fingerprint density at radius 2 is 1.96 bits per heavy atom. The molecule has 132 valence electrons. The van der Waals surface area contributed by atoms with Crippen LogP contribution in [0, 0.1) is 10.1 Å².